The number of alkyl halides is 1. The first-order valence-corrected chi connectivity index (χ1v) is 4.12. The van der Waals surface area contributed by atoms with Crippen LogP contribution in [0.1, 0.15) is 13.3 Å². The van der Waals surface area contributed by atoms with Crippen molar-refractivity contribution in [2.45, 2.75) is 18.2 Å². The molecule has 1 unspecified atom stereocenters. The highest BCUT2D eigenvalue weighted by Gasteiger charge is 2.05. The first-order valence-electron chi connectivity index (χ1n) is 3.21. The highest BCUT2D eigenvalue weighted by atomic mass is 79.9. The molecular formula is C6H12BrNO2. The Bertz CT molecular complexity index is 106. The second-order valence-corrected chi connectivity index (χ2v) is 3.36. The van der Waals surface area contributed by atoms with E-state index in [1.807, 2.05) is 0 Å². The van der Waals surface area contributed by atoms with Gasteiger partial charge in [-0.1, -0.05) is 15.9 Å². The molecule has 0 aromatic heterocycles. The molecule has 1 amide bonds. The smallest absolute Gasteiger partial charge is 0.233 e. The number of amides is 1. The summed E-state index contributed by atoms with van der Waals surface area (Å²) in [5.74, 6) is -0.0338. The molecule has 0 radical (unpaired) electrons. The van der Waals surface area contributed by atoms with Crippen molar-refractivity contribution in [3.05, 3.63) is 0 Å². The van der Waals surface area contributed by atoms with Gasteiger partial charge in [0.2, 0.25) is 5.91 Å². The van der Waals surface area contributed by atoms with Crippen LogP contribution in [0.2, 0.25) is 0 Å². The van der Waals surface area contributed by atoms with E-state index >= 15 is 0 Å². The first-order chi connectivity index (χ1) is 4.68. The minimum absolute atomic E-state index is 0.0338. The van der Waals surface area contributed by atoms with Crippen molar-refractivity contribution in [2.75, 3.05) is 13.2 Å². The molecule has 0 saturated heterocycles. The monoisotopic (exact) mass is 209 g/mol. The highest BCUT2D eigenvalue weighted by Crippen LogP contribution is 1.95. The summed E-state index contributed by atoms with van der Waals surface area (Å²) in [6, 6.07) is 0. The molecule has 0 spiro atoms. The number of halogens is 1. The molecule has 0 heterocycles. The number of carbonyl (C=O) groups excluding carboxylic acids is 1. The van der Waals surface area contributed by atoms with Crippen LogP contribution in [0.15, 0.2) is 0 Å². The number of aliphatic hydroxyl groups excluding tert-OH is 1. The van der Waals surface area contributed by atoms with Crippen molar-refractivity contribution in [3.63, 3.8) is 0 Å². The quantitative estimate of drug-likeness (QED) is 0.516. The van der Waals surface area contributed by atoms with Crippen LogP contribution in [0, 0.1) is 0 Å². The second kappa shape index (κ2) is 5.68. The molecule has 0 aliphatic rings. The van der Waals surface area contributed by atoms with Gasteiger partial charge in [0.25, 0.3) is 0 Å². The van der Waals surface area contributed by atoms with Gasteiger partial charge in [0.15, 0.2) is 0 Å². The molecule has 0 saturated carbocycles. The molecule has 0 aliphatic heterocycles. The van der Waals surface area contributed by atoms with Crippen LogP contribution in [0.25, 0.3) is 0 Å². The van der Waals surface area contributed by atoms with Gasteiger partial charge < -0.3 is 10.4 Å². The number of carbonyl (C=O) groups is 1. The number of nitrogens with one attached hydrogen (secondary N) is 1. The van der Waals surface area contributed by atoms with Crippen LogP contribution >= 0.6 is 15.9 Å². The van der Waals surface area contributed by atoms with Crippen LogP contribution in [0.5, 0.6) is 0 Å². The lowest BCUT2D eigenvalue weighted by Gasteiger charge is -2.04. The molecule has 4 heteroatoms. The zero-order valence-corrected chi connectivity index (χ0v) is 7.52. The standard InChI is InChI=1S/C6H12BrNO2/c1-5(7)6(10)8-3-2-4-9/h5,9H,2-4H2,1H3,(H,8,10). The van der Waals surface area contributed by atoms with E-state index in [1.165, 1.54) is 0 Å². The van der Waals surface area contributed by atoms with Crippen LogP contribution in [0.3, 0.4) is 0 Å². The summed E-state index contributed by atoms with van der Waals surface area (Å²) in [6.07, 6.45) is 0.617. The molecule has 60 valence electrons. The molecule has 1 atom stereocenters. The van der Waals surface area contributed by atoms with E-state index in [-0.39, 0.29) is 17.3 Å². The second-order valence-electron chi connectivity index (χ2n) is 1.98. The summed E-state index contributed by atoms with van der Waals surface area (Å²) in [5, 5.41) is 11.0. The van der Waals surface area contributed by atoms with E-state index in [4.69, 9.17) is 5.11 Å². The summed E-state index contributed by atoms with van der Waals surface area (Å²) in [6.45, 7) is 2.43. The van der Waals surface area contributed by atoms with Crippen LogP contribution in [-0.2, 0) is 4.79 Å². The van der Waals surface area contributed by atoms with E-state index in [2.05, 4.69) is 21.2 Å². The summed E-state index contributed by atoms with van der Waals surface area (Å²) in [7, 11) is 0. The predicted molar refractivity (Wildman–Crippen MR) is 43.1 cm³/mol. The Hall–Kier alpha value is -0.0900. The average molecular weight is 210 g/mol. The summed E-state index contributed by atoms with van der Waals surface area (Å²) >= 11 is 3.12. The lowest BCUT2D eigenvalue weighted by molar-refractivity contribution is -0.120. The molecule has 0 aliphatic carbocycles. The van der Waals surface area contributed by atoms with Crippen LogP contribution < -0.4 is 5.32 Å². The lowest BCUT2D eigenvalue weighted by Crippen LogP contribution is -2.30. The van der Waals surface area contributed by atoms with Gasteiger partial charge in [-0.15, -0.1) is 0 Å². The normalized spacial score (nSPS) is 12.7. The third kappa shape index (κ3) is 4.76. The largest absolute Gasteiger partial charge is 0.396 e. The minimum atomic E-state index is -0.147. The molecule has 0 aromatic carbocycles. The lowest BCUT2D eigenvalue weighted by atomic mass is 10.4. The maximum Gasteiger partial charge on any atom is 0.233 e. The fourth-order valence-corrected chi connectivity index (χ4v) is 0.593. The Morgan fingerprint density at radius 1 is 1.80 bits per heavy atom. The number of hydrogen-bond donors (Lipinski definition) is 2. The van der Waals surface area contributed by atoms with Gasteiger partial charge in [-0.3, -0.25) is 4.79 Å². The van der Waals surface area contributed by atoms with Crippen LogP contribution in [-0.4, -0.2) is 29.0 Å². The topological polar surface area (TPSA) is 49.3 Å². The fraction of sp³-hybridized carbons (Fsp3) is 0.833. The molecule has 10 heavy (non-hydrogen) atoms. The Kier molecular flexibility index (Phi) is 5.63. The fourth-order valence-electron chi connectivity index (χ4n) is 0.431. The molecule has 2 N–H and O–H groups in total. The maximum absolute atomic E-state index is 10.8. The van der Waals surface area contributed by atoms with E-state index in [1.54, 1.807) is 6.92 Å². The van der Waals surface area contributed by atoms with Crippen molar-refractivity contribution in [1.29, 1.82) is 0 Å². The average Bonchev–Trinajstić information content (AvgIpc) is 1.88. The van der Waals surface area contributed by atoms with Gasteiger partial charge in [-0.25, -0.2) is 0 Å². The first kappa shape index (κ1) is 9.91. The van der Waals surface area contributed by atoms with Crippen molar-refractivity contribution in [3.8, 4) is 0 Å². The number of hydrogen-bond acceptors (Lipinski definition) is 2. The zero-order chi connectivity index (χ0) is 7.98. The Balaban J connectivity index is 3.22. The number of aliphatic hydroxyl groups is 1. The Labute approximate surface area is 68.9 Å². The van der Waals surface area contributed by atoms with Crippen LogP contribution in [0.4, 0.5) is 0 Å². The third-order valence-electron chi connectivity index (χ3n) is 0.995. The van der Waals surface area contributed by atoms with Gasteiger partial charge in [0, 0.05) is 13.2 Å². The van der Waals surface area contributed by atoms with E-state index in [0.717, 1.165) is 0 Å². The van der Waals surface area contributed by atoms with E-state index in [0.29, 0.717) is 13.0 Å². The van der Waals surface area contributed by atoms with Gasteiger partial charge in [0.1, 0.15) is 0 Å². The van der Waals surface area contributed by atoms with E-state index < -0.39 is 0 Å². The summed E-state index contributed by atoms with van der Waals surface area (Å²) < 4.78 is 0. The minimum Gasteiger partial charge on any atom is -0.396 e. The van der Waals surface area contributed by atoms with Gasteiger partial charge >= 0.3 is 0 Å². The number of rotatable bonds is 4. The molecule has 0 rings (SSSR count). The Morgan fingerprint density at radius 2 is 2.40 bits per heavy atom. The SMILES string of the molecule is CC(Br)C(=O)NCCCO. The van der Waals surface area contributed by atoms with Gasteiger partial charge in [-0.2, -0.15) is 0 Å². The molecular weight excluding hydrogens is 198 g/mol. The van der Waals surface area contributed by atoms with Gasteiger partial charge in [0.05, 0.1) is 4.83 Å². The van der Waals surface area contributed by atoms with Crippen molar-refractivity contribution < 1.29 is 9.90 Å². The third-order valence-corrected chi connectivity index (χ3v) is 1.41. The predicted octanol–water partition coefficient (Wildman–Crippen LogP) is 0.268. The molecule has 3 nitrogen and oxygen atoms in total. The molecule has 0 fully saturated rings. The highest BCUT2D eigenvalue weighted by molar-refractivity contribution is 9.10. The van der Waals surface area contributed by atoms with Crippen molar-refractivity contribution >= 4 is 21.8 Å². The molecule has 0 bridgehead atoms. The van der Waals surface area contributed by atoms with E-state index in [9.17, 15) is 4.79 Å². The summed E-state index contributed by atoms with van der Waals surface area (Å²) in [5.41, 5.74) is 0. The van der Waals surface area contributed by atoms with Crippen molar-refractivity contribution in [1.82, 2.24) is 5.32 Å². The molecule has 0 aromatic rings. The van der Waals surface area contributed by atoms with Crippen molar-refractivity contribution in [2.24, 2.45) is 0 Å². The maximum atomic E-state index is 10.8. The zero-order valence-electron chi connectivity index (χ0n) is 5.93. The van der Waals surface area contributed by atoms with Gasteiger partial charge in [-0.05, 0) is 13.3 Å². The summed E-state index contributed by atoms with van der Waals surface area (Å²) in [4.78, 5) is 10.6. The Morgan fingerprint density at radius 3 is 2.80 bits per heavy atom.